The summed E-state index contributed by atoms with van der Waals surface area (Å²) in [7, 11) is -0.354. The van der Waals surface area contributed by atoms with Gasteiger partial charge >= 0.3 is 0 Å². The summed E-state index contributed by atoms with van der Waals surface area (Å²) in [5.41, 5.74) is 0.556. The minimum Gasteiger partial charge on any atom is -0.324 e. The summed E-state index contributed by atoms with van der Waals surface area (Å²) < 4.78 is 35.2. The zero-order chi connectivity index (χ0) is 10.9. The van der Waals surface area contributed by atoms with Gasteiger partial charge in [0.1, 0.15) is 0 Å². The van der Waals surface area contributed by atoms with E-state index in [1.165, 1.54) is 17.4 Å². The third-order valence-corrected chi connectivity index (χ3v) is 2.92. The van der Waals surface area contributed by atoms with Crippen molar-refractivity contribution >= 4 is 0 Å². The van der Waals surface area contributed by atoms with E-state index in [1.54, 1.807) is 0 Å². The van der Waals surface area contributed by atoms with Gasteiger partial charge in [-0.15, -0.1) is 10.2 Å². The zero-order valence-corrected chi connectivity index (χ0v) is 9.13. The van der Waals surface area contributed by atoms with Crippen LogP contribution in [-0.4, -0.2) is 30.7 Å². The average molecular weight is 214 g/mol. The van der Waals surface area contributed by atoms with Gasteiger partial charge in [0, 0.05) is 0 Å². The number of nitrogens with zero attached hydrogens (tertiary/aromatic N) is 1. The van der Waals surface area contributed by atoms with Gasteiger partial charge in [0.2, 0.25) is 0 Å². The normalized spacial score (nSPS) is 24.0. The smallest absolute Gasteiger partial charge is 0.0985 e. The second-order valence-corrected chi connectivity index (χ2v) is 5.10. The van der Waals surface area contributed by atoms with E-state index in [0.29, 0.717) is 5.54 Å². The molecule has 80 valence electrons. The number of rotatable bonds is 0. The van der Waals surface area contributed by atoms with E-state index in [2.05, 4.69) is 27.9 Å². The molecular weight excluding hydrogens is 198 g/mol. The lowest BCUT2D eigenvalue weighted by Crippen LogP contribution is -2.68. The van der Waals surface area contributed by atoms with Crippen molar-refractivity contribution in [3.05, 3.63) is 0 Å². The van der Waals surface area contributed by atoms with Crippen molar-refractivity contribution in [1.29, 1.82) is 0 Å². The first-order chi connectivity index (χ1) is 5.46. The minimum absolute atomic E-state index is 0.556. The van der Waals surface area contributed by atoms with Gasteiger partial charge in [-0.2, -0.15) is 0 Å². The van der Waals surface area contributed by atoms with Crippen LogP contribution in [-0.2, 0) is 0 Å². The lowest BCUT2D eigenvalue weighted by molar-refractivity contribution is -2.00. The molecule has 0 spiro atoms. The predicted molar refractivity (Wildman–Crippen MR) is 35.7 cm³/mol. The van der Waals surface area contributed by atoms with Crippen LogP contribution in [0.25, 0.3) is 0 Å². The lowest BCUT2D eigenvalue weighted by Gasteiger charge is -2.53. The highest BCUT2D eigenvalue weighted by atomic mass is 35.7. The van der Waals surface area contributed by atoms with Gasteiger partial charge in [0.25, 0.3) is 0 Å². The number of quaternary nitrogens is 1. The average Bonchev–Trinajstić information content (AvgIpc) is 1.82. The van der Waals surface area contributed by atoms with E-state index in [-0.39, 0.29) is 0 Å². The molecule has 0 bridgehead atoms. The van der Waals surface area contributed by atoms with E-state index in [0.717, 1.165) is 0 Å². The largest absolute Gasteiger partial charge is 0.324 e. The maximum Gasteiger partial charge on any atom is 0.0985 e. The van der Waals surface area contributed by atoms with Crippen molar-refractivity contribution in [1.82, 2.24) is 0 Å². The highest BCUT2D eigenvalue weighted by Crippen LogP contribution is 2.33. The van der Waals surface area contributed by atoms with E-state index >= 15 is 0 Å². The Morgan fingerprint density at radius 3 is 1.31 bits per heavy atom. The van der Waals surface area contributed by atoms with Crippen LogP contribution in [0.1, 0.15) is 20.3 Å². The molecule has 0 saturated carbocycles. The molecule has 0 amide bonds. The van der Waals surface area contributed by atoms with Crippen LogP contribution in [0.15, 0.2) is 0 Å². The van der Waals surface area contributed by atoms with Gasteiger partial charge in [-0.1, -0.05) is 0 Å². The molecule has 1 rings (SSSR count). The monoisotopic (exact) mass is 213 g/mol. The molecule has 1 aliphatic rings. The molecule has 0 aliphatic carbocycles. The Kier molecular flexibility index (Phi) is 3.71. The molecule has 0 N–H and O–H groups in total. The number of hydrogen-bond acceptors (Lipinski definition) is 4. The summed E-state index contributed by atoms with van der Waals surface area (Å²) in [4.78, 5) is 0. The summed E-state index contributed by atoms with van der Waals surface area (Å²) in [6, 6.07) is 0. The van der Waals surface area contributed by atoms with Crippen molar-refractivity contribution in [2.75, 3.05) is 20.6 Å². The molecule has 6 heteroatoms. The number of halogens is 1. The van der Waals surface area contributed by atoms with Gasteiger partial charge < -0.3 is 4.48 Å². The summed E-state index contributed by atoms with van der Waals surface area (Å²) in [6.45, 7) is 6.01. The molecule has 0 unspecified atom stereocenters. The zero-order valence-electron chi connectivity index (χ0n) is 8.37. The highest BCUT2D eigenvalue weighted by molar-refractivity contribution is 4.76. The van der Waals surface area contributed by atoms with E-state index < -0.39 is 10.2 Å². The molecule has 5 nitrogen and oxygen atoms in total. The Morgan fingerprint density at radius 2 is 1.31 bits per heavy atom. The van der Waals surface area contributed by atoms with Crippen molar-refractivity contribution in [3.63, 3.8) is 0 Å². The first kappa shape index (κ1) is 13.1. The van der Waals surface area contributed by atoms with Crippen LogP contribution in [0.5, 0.6) is 0 Å². The lowest BCUT2D eigenvalue weighted by atomic mass is 9.86. The summed E-state index contributed by atoms with van der Waals surface area (Å²) in [5, 5.41) is 0. The first-order valence-corrected chi connectivity index (χ1v) is 5.14. The van der Waals surface area contributed by atoms with Crippen molar-refractivity contribution in [2.45, 2.75) is 25.8 Å². The standard InChI is InChI=1S/C7H16N.ClHO4/c1-7(2)5-6-8(7,3)4;2-1(3,4)5/h5-6H2,1-4H3;(H,2,3,4,5)/q+1;/p-1. The molecule has 0 aromatic heterocycles. The first-order valence-electron chi connectivity index (χ1n) is 3.91. The molecule has 1 heterocycles. The van der Waals surface area contributed by atoms with Gasteiger partial charge in [0.15, 0.2) is 0 Å². The SMILES string of the molecule is CC1(C)CC[N+]1(C)C.[O-][Cl+3]([O-])([O-])[O-]. The molecule has 1 fully saturated rings. The molecule has 13 heavy (non-hydrogen) atoms. The Hall–Kier alpha value is 0.0900. The van der Waals surface area contributed by atoms with Crippen LogP contribution >= 0.6 is 0 Å². The molecule has 0 aromatic rings. The molecular formula is C7H16ClNO4. The van der Waals surface area contributed by atoms with E-state index in [9.17, 15) is 0 Å². The Bertz CT molecular complexity index is 156. The van der Waals surface area contributed by atoms with Crippen molar-refractivity contribution < 1.29 is 33.4 Å². The predicted octanol–water partition coefficient (Wildman–Crippen LogP) is -3.51. The quantitative estimate of drug-likeness (QED) is 0.390. The minimum atomic E-state index is -4.94. The van der Waals surface area contributed by atoms with E-state index in [4.69, 9.17) is 18.6 Å². The van der Waals surface area contributed by atoms with Crippen LogP contribution in [0.4, 0.5) is 0 Å². The van der Waals surface area contributed by atoms with Crippen molar-refractivity contribution in [2.24, 2.45) is 0 Å². The topological polar surface area (TPSA) is 92.2 Å². The fourth-order valence-corrected chi connectivity index (χ4v) is 1.01. The fraction of sp³-hybridized carbons (Fsp3) is 1.00. The highest BCUT2D eigenvalue weighted by Gasteiger charge is 2.46. The van der Waals surface area contributed by atoms with Gasteiger partial charge in [0.05, 0.1) is 32.6 Å². The number of hydrogen-bond donors (Lipinski definition) is 0. The molecule has 1 saturated heterocycles. The molecule has 0 aromatic carbocycles. The maximum atomic E-state index is 8.49. The molecule has 0 radical (unpaired) electrons. The van der Waals surface area contributed by atoms with Crippen LogP contribution in [0.3, 0.4) is 0 Å². The summed E-state index contributed by atoms with van der Waals surface area (Å²) in [6.07, 6.45) is 1.39. The van der Waals surface area contributed by atoms with Crippen LogP contribution in [0.2, 0.25) is 0 Å². The Labute approximate surface area is 80.5 Å². The Balaban J connectivity index is 0.000000252. The van der Waals surface area contributed by atoms with Gasteiger partial charge in [-0.3, -0.25) is 0 Å². The second-order valence-electron chi connectivity index (χ2n) is 4.35. The van der Waals surface area contributed by atoms with Crippen LogP contribution in [0, 0.1) is 10.2 Å². The fourth-order valence-electron chi connectivity index (χ4n) is 1.01. The molecule has 0 atom stereocenters. The number of likely N-dealkylation sites (tertiary alicyclic amines) is 1. The van der Waals surface area contributed by atoms with Gasteiger partial charge in [-0.25, -0.2) is 18.6 Å². The van der Waals surface area contributed by atoms with Crippen molar-refractivity contribution in [3.8, 4) is 0 Å². The summed E-state index contributed by atoms with van der Waals surface area (Å²) >= 11 is 0. The van der Waals surface area contributed by atoms with E-state index in [1.807, 2.05) is 0 Å². The maximum absolute atomic E-state index is 8.49. The third kappa shape index (κ3) is 4.75. The third-order valence-electron chi connectivity index (χ3n) is 2.92. The van der Waals surface area contributed by atoms with Crippen LogP contribution < -0.4 is 18.6 Å². The molecule has 1 aliphatic heterocycles. The van der Waals surface area contributed by atoms with Gasteiger partial charge in [-0.05, 0) is 13.8 Å². The second kappa shape index (κ2) is 3.68. The Morgan fingerprint density at radius 1 is 1.08 bits per heavy atom. The summed E-state index contributed by atoms with van der Waals surface area (Å²) in [5.74, 6) is 0.